The van der Waals surface area contributed by atoms with Crippen molar-refractivity contribution in [1.29, 1.82) is 0 Å². The SMILES string of the molecule is Clc1cccc(-c2noc(-c3cccc(Cl)c3)n2)c1. The average molecular weight is 291 g/mol. The van der Waals surface area contributed by atoms with Crippen molar-refractivity contribution in [2.75, 3.05) is 0 Å². The fourth-order valence-electron chi connectivity index (χ4n) is 1.71. The molecule has 0 spiro atoms. The van der Waals surface area contributed by atoms with E-state index in [4.69, 9.17) is 27.7 Å². The zero-order chi connectivity index (χ0) is 13.2. The van der Waals surface area contributed by atoms with Gasteiger partial charge in [-0.05, 0) is 30.3 Å². The van der Waals surface area contributed by atoms with E-state index in [0.29, 0.717) is 21.8 Å². The Morgan fingerprint density at radius 1 is 0.842 bits per heavy atom. The molecule has 0 aliphatic carbocycles. The van der Waals surface area contributed by atoms with Crippen LogP contribution in [0.4, 0.5) is 0 Å². The monoisotopic (exact) mass is 290 g/mol. The summed E-state index contributed by atoms with van der Waals surface area (Å²) in [6, 6.07) is 14.6. The summed E-state index contributed by atoms with van der Waals surface area (Å²) < 4.78 is 5.24. The smallest absolute Gasteiger partial charge is 0.258 e. The fourth-order valence-corrected chi connectivity index (χ4v) is 2.09. The molecule has 0 saturated carbocycles. The second kappa shape index (κ2) is 5.03. The van der Waals surface area contributed by atoms with Gasteiger partial charge < -0.3 is 4.52 Å². The van der Waals surface area contributed by atoms with Gasteiger partial charge in [0.2, 0.25) is 5.82 Å². The van der Waals surface area contributed by atoms with Crippen molar-refractivity contribution < 1.29 is 4.52 Å². The minimum absolute atomic E-state index is 0.428. The Labute approximate surface area is 119 Å². The molecule has 0 amide bonds. The maximum Gasteiger partial charge on any atom is 0.258 e. The van der Waals surface area contributed by atoms with Crippen LogP contribution in [-0.4, -0.2) is 10.1 Å². The predicted molar refractivity (Wildman–Crippen MR) is 75.2 cm³/mol. The van der Waals surface area contributed by atoms with Crippen LogP contribution in [0.1, 0.15) is 0 Å². The van der Waals surface area contributed by atoms with Crippen LogP contribution >= 0.6 is 23.2 Å². The molecule has 1 heterocycles. The zero-order valence-electron chi connectivity index (χ0n) is 9.68. The van der Waals surface area contributed by atoms with E-state index >= 15 is 0 Å². The van der Waals surface area contributed by atoms with Crippen LogP contribution in [0.5, 0.6) is 0 Å². The quantitative estimate of drug-likeness (QED) is 0.686. The van der Waals surface area contributed by atoms with Crippen LogP contribution < -0.4 is 0 Å². The molecule has 0 radical (unpaired) electrons. The van der Waals surface area contributed by atoms with Gasteiger partial charge >= 0.3 is 0 Å². The van der Waals surface area contributed by atoms with Crippen molar-refractivity contribution in [3.8, 4) is 22.8 Å². The molecule has 0 bridgehead atoms. The first-order valence-electron chi connectivity index (χ1n) is 5.58. The molecule has 5 heteroatoms. The molecule has 0 saturated heterocycles. The Hall–Kier alpha value is -1.84. The average Bonchev–Trinajstić information content (AvgIpc) is 2.88. The van der Waals surface area contributed by atoms with Gasteiger partial charge in [0.25, 0.3) is 5.89 Å². The largest absolute Gasteiger partial charge is 0.334 e. The van der Waals surface area contributed by atoms with Gasteiger partial charge in [-0.15, -0.1) is 0 Å². The van der Waals surface area contributed by atoms with Crippen LogP contribution in [0.15, 0.2) is 53.1 Å². The van der Waals surface area contributed by atoms with Crippen LogP contribution in [0.2, 0.25) is 10.0 Å². The number of nitrogens with zero attached hydrogens (tertiary/aromatic N) is 2. The summed E-state index contributed by atoms with van der Waals surface area (Å²) in [6.07, 6.45) is 0. The third-order valence-corrected chi connectivity index (χ3v) is 3.05. The van der Waals surface area contributed by atoms with Gasteiger partial charge in [0, 0.05) is 21.2 Å². The van der Waals surface area contributed by atoms with Crippen molar-refractivity contribution in [3.05, 3.63) is 58.6 Å². The van der Waals surface area contributed by atoms with Gasteiger partial charge in [-0.2, -0.15) is 4.98 Å². The Morgan fingerprint density at radius 2 is 1.47 bits per heavy atom. The van der Waals surface area contributed by atoms with Gasteiger partial charge in [-0.3, -0.25) is 0 Å². The summed E-state index contributed by atoms with van der Waals surface area (Å²) in [6.45, 7) is 0. The van der Waals surface area contributed by atoms with Crippen LogP contribution in [0.3, 0.4) is 0 Å². The molecule has 0 atom stereocenters. The van der Waals surface area contributed by atoms with E-state index in [-0.39, 0.29) is 0 Å². The van der Waals surface area contributed by atoms with Gasteiger partial charge in [-0.25, -0.2) is 0 Å². The van der Waals surface area contributed by atoms with Crippen LogP contribution in [-0.2, 0) is 0 Å². The lowest BCUT2D eigenvalue weighted by atomic mass is 10.2. The maximum absolute atomic E-state index is 5.94. The molecule has 0 fully saturated rings. The molecule has 3 nitrogen and oxygen atoms in total. The molecule has 0 unspecified atom stereocenters. The molecule has 0 aliphatic rings. The lowest BCUT2D eigenvalue weighted by Gasteiger charge is -1.95. The third-order valence-electron chi connectivity index (χ3n) is 2.58. The summed E-state index contributed by atoms with van der Waals surface area (Å²) >= 11 is 11.9. The number of hydrogen-bond donors (Lipinski definition) is 0. The summed E-state index contributed by atoms with van der Waals surface area (Å²) in [5.41, 5.74) is 1.60. The number of aromatic nitrogens is 2. The molecule has 0 N–H and O–H groups in total. The Balaban J connectivity index is 2.00. The van der Waals surface area contributed by atoms with E-state index in [0.717, 1.165) is 11.1 Å². The maximum atomic E-state index is 5.94. The van der Waals surface area contributed by atoms with E-state index in [1.54, 1.807) is 24.3 Å². The van der Waals surface area contributed by atoms with Gasteiger partial charge in [0.15, 0.2) is 0 Å². The van der Waals surface area contributed by atoms with Gasteiger partial charge in [-0.1, -0.05) is 46.6 Å². The molecule has 19 heavy (non-hydrogen) atoms. The van der Waals surface area contributed by atoms with E-state index in [9.17, 15) is 0 Å². The van der Waals surface area contributed by atoms with E-state index in [1.165, 1.54) is 0 Å². The molecule has 94 valence electrons. The van der Waals surface area contributed by atoms with E-state index in [1.807, 2.05) is 24.3 Å². The lowest BCUT2D eigenvalue weighted by molar-refractivity contribution is 0.432. The topological polar surface area (TPSA) is 38.9 Å². The highest BCUT2D eigenvalue weighted by atomic mass is 35.5. The summed E-state index contributed by atoms with van der Waals surface area (Å²) in [5.74, 6) is 0.926. The van der Waals surface area contributed by atoms with E-state index < -0.39 is 0 Å². The Morgan fingerprint density at radius 3 is 2.16 bits per heavy atom. The molecular formula is C14H8Cl2N2O. The van der Waals surface area contributed by atoms with Crippen molar-refractivity contribution in [3.63, 3.8) is 0 Å². The number of benzene rings is 2. The predicted octanol–water partition coefficient (Wildman–Crippen LogP) is 4.71. The lowest BCUT2D eigenvalue weighted by Crippen LogP contribution is -1.81. The van der Waals surface area contributed by atoms with Crippen molar-refractivity contribution in [2.45, 2.75) is 0 Å². The number of rotatable bonds is 2. The molecule has 3 aromatic rings. The normalized spacial score (nSPS) is 10.6. The van der Waals surface area contributed by atoms with Crippen molar-refractivity contribution in [1.82, 2.24) is 10.1 Å². The third kappa shape index (κ3) is 2.62. The highest BCUT2D eigenvalue weighted by Crippen LogP contribution is 2.25. The Kier molecular flexibility index (Phi) is 3.23. The van der Waals surface area contributed by atoms with Crippen molar-refractivity contribution >= 4 is 23.2 Å². The summed E-state index contributed by atoms with van der Waals surface area (Å²) in [4.78, 5) is 4.34. The first-order valence-corrected chi connectivity index (χ1v) is 6.33. The second-order valence-electron chi connectivity index (χ2n) is 3.94. The van der Waals surface area contributed by atoms with Gasteiger partial charge in [0.05, 0.1) is 0 Å². The molecule has 3 rings (SSSR count). The standard InChI is InChI=1S/C14H8Cl2N2O/c15-11-5-1-3-9(7-11)13-17-14(19-18-13)10-4-2-6-12(16)8-10/h1-8H. The minimum Gasteiger partial charge on any atom is -0.334 e. The van der Waals surface area contributed by atoms with E-state index in [2.05, 4.69) is 10.1 Å². The highest BCUT2D eigenvalue weighted by molar-refractivity contribution is 6.31. The second-order valence-corrected chi connectivity index (χ2v) is 4.82. The minimum atomic E-state index is 0.428. The first-order chi connectivity index (χ1) is 9.22. The molecule has 1 aromatic heterocycles. The number of hydrogen-bond acceptors (Lipinski definition) is 3. The first kappa shape index (κ1) is 12.2. The highest BCUT2D eigenvalue weighted by Gasteiger charge is 2.10. The van der Waals surface area contributed by atoms with Gasteiger partial charge in [0.1, 0.15) is 0 Å². The fraction of sp³-hybridized carbons (Fsp3) is 0. The molecular weight excluding hydrogens is 283 g/mol. The summed E-state index contributed by atoms with van der Waals surface area (Å²) in [5, 5.41) is 5.20. The molecule has 0 aliphatic heterocycles. The van der Waals surface area contributed by atoms with Crippen molar-refractivity contribution in [2.24, 2.45) is 0 Å². The number of halogens is 2. The Bertz CT molecular complexity index is 665. The summed E-state index contributed by atoms with van der Waals surface area (Å²) in [7, 11) is 0. The van der Waals surface area contributed by atoms with Crippen LogP contribution in [0.25, 0.3) is 22.8 Å². The van der Waals surface area contributed by atoms with Crippen LogP contribution in [0, 0.1) is 0 Å². The zero-order valence-corrected chi connectivity index (χ0v) is 11.2. The molecule has 2 aromatic carbocycles.